The van der Waals surface area contributed by atoms with Crippen molar-refractivity contribution in [3.8, 4) is 0 Å². The summed E-state index contributed by atoms with van der Waals surface area (Å²) in [6.45, 7) is 6.28. The lowest BCUT2D eigenvalue weighted by Crippen LogP contribution is -2.44. The van der Waals surface area contributed by atoms with Gasteiger partial charge in [0.1, 0.15) is 0 Å². The largest absolute Gasteiger partial charge is 0.356 e. The summed E-state index contributed by atoms with van der Waals surface area (Å²) in [7, 11) is 1.83. The molecule has 112 valence electrons. The number of rotatable bonds is 5. The average molecular weight is 313 g/mol. The van der Waals surface area contributed by atoms with Crippen LogP contribution in [0.5, 0.6) is 0 Å². The minimum Gasteiger partial charge on any atom is -0.356 e. The van der Waals surface area contributed by atoms with Gasteiger partial charge in [-0.2, -0.15) is 11.8 Å². The minimum atomic E-state index is 0.365. The quantitative estimate of drug-likeness (QED) is 0.648. The summed E-state index contributed by atoms with van der Waals surface area (Å²) in [5.74, 6) is 2.18. The maximum Gasteiger partial charge on any atom is 0.191 e. The number of nitrogens with one attached hydrogen (secondary N) is 2. The number of thiazole rings is 1. The van der Waals surface area contributed by atoms with Crippen molar-refractivity contribution in [1.82, 2.24) is 15.6 Å². The first-order valence-electron chi connectivity index (χ1n) is 7.11. The van der Waals surface area contributed by atoms with Gasteiger partial charge in [0.2, 0.25) is 0 Å². The molecule has 1 aliphatic heterocycles. The lowest BCUT2D eigenvalue weighted by molar-refractivity contribution is 0.584. The van der Waals surface area contributed by atoms with Gasteiger partial charge in [0.05, 0.1) is 5.01 Å². The number of aliphatic imine (C=N–C) groups is 1. The van der Waals surface area contributed by atoms with E-state index in [1.165, 1.54) is 28.5 Å². The van der Waals surface area contributed by atoms with Gasteiger partial charge < -0.3 is 10.6 Å². The molecular formula is C14H24N4S2. The molecule has 4 nitrogen and oxygen atoms in total. The van der Waals surface area contributed by atoms with Crippen LogP contribution >= 0.6 is 23.1 Å². The molecule has 1 aromatic rings. The zero-order valence-corrected chi connectivity index (χ0v) is 14.2. The van der Waals surface area contributed by atoms with Crippen LogP contribution in [-0.4, -0.2) is 41.6 Å². The summed E-state index contributed by atoms with van der Waals surface area (Å²) >= 11 is 3.83. The molecule has 0 spiro atoms. The molecule has 0 bridgehead atoms. The third-order valence-corrected chi connectivity index (χ3v) is 5.97. The second kappa shape index (κ2) is 7.31. The smallest absolute Gasteiger partial charge is 0.191 e. The molecule has 0 saturated carbocycles. The summed E-state index contributed by atoms with van der Waals surface area (Å²) in [4.78, 5) is 9.93. The van der Waals surface area contributed by atoms with E-state index in [-0.39, 0.29) is 0 Å². The van der Waals surface area contributed by atoms with E-state index in [4.69, 9.17) is 0 Å². The molecule has 20 heavy (non-hydrogen) atoms. The zero-order chi connectivity index (χ0) is 14.4. The molecule has 1 unspecified atom stereocenters. The molecule has 6 heteroatoms. The number of aromatic nitrogens is 1. The predicted molar refractivity (Wildman–Crippen MR) is 90.0 cm³/mol. The summed E-state index contributed by atoms with van der Waals surface area (Å²) in [5.41, 5.74) is 0. The lowest BCUT2D eigenvalue weighted by Gasteiger charge is -2.24. The van der Waals surface area contributed by atoms with Gasteiger partial charge in [0, 0.05) is 42.4 Å². The highest BCUT2D eigenvalue weighted by atomic mass is 32.2. The van der Waals surface area contributed by atoms with Gasteiger partial charge in [-0.3, -0.25) is 4.99 Å². The molecule has 1 saturated heterocycles. The van der Waals surface area contributed by atoms with E-state index in [0.29, 0.717) is 4.75 Å². The third-order valence-electron chi connectivity index (χ3n) is 3.45. The van der Waals surface area contributed by atoms with Crippen molar-refractivity contribution in [3.05, 3.63) is 16.1 Å². The van der Waals surface area contributed by atoms with E-state index in [9.17, 15) is 0 Å². The number of thioether (sulfide) groups is 1. The first-order chi connectivity index (χ1) is 9.61. The van der Waals surface area contributed by atoms with Gasteiger partial charge in [-0.1, -0.05) is 0 Å². The Morgan fingerprint density at radius 3 is 2.95 bits per heavy atom. The van der Waals surface area contributed by atoms with Crippen molar-refractivity contribution in [2.45, 2.75) is 37.9 Å². The molecule has 2 N–H and O–H groups in total. The molecule has 1 atom stereocenters. The Bertz CT molecular complexity index is 450. The maximum atomic E-state index is 4.37. The Balaban J connectivity index is 1.70. The van der Waals surface area contributed by atoms with Crippen molar-refractivity contribution in [3.63, 3.8) is 0 Å². The van der Waals surface area contributed by atoms with Crippen molar-refractivity contribution < 1.29 is 0 Å². The SMILES string of the molecule is CN=C(NCCc1ncc(C)s1)NCC1(C)CCCS1. The standard InChI is InChI=1S/C14H24N4S2/c1-11-9-17-12(20-11)5-7-16-13(15-3)18-10-14(2)6-4-8-19-14/h9H,4-8,10H2,1-3H3,(H2,15,16,18). The number of guanidine groups is 1. The molecule has 0 amide bonds. The maximum absolute atomic E-state index is 4.37. The van der Waals surface area contributed by atoms with Gasteiger partial charge in [-0.05, 0) is 32.4 Å². The number of nitrogens with zero attached hydrogens (tertiary/aromatic N) is 2. The van der Waals surface area contributed by atoms with Crippen LogP contribution < -0.4 is 10.6 Å². The molecule has 2 heterocycles. The predicted octanol–water partition coefficient (Wildman–Crippen LogP) is 2.44. The van der Waals surface area contributed by atoms with Crippen molar-refractivity contribution >= 4 is 29.1 Å². The normalized spacial score (nSPS) is 23.1. The fraction of sp³-hybridized carbons (Fsp3) is 0.714. The highest BCUT2D eigenvalue weighted by Crippen LogP contribution is 2.36. The molecular weight excluding hydrogens is 288 g/mol. The van der Waals surface area contributed by atoms with Crippen LogP contribution in [0.15, 0.2) is 11.2 Å². The van der Waals surface area contributed by atoms with E-state index in [1.54, 1.807) is 11.3 Å². The van der Waals surface area contributed by atoms with Crippen LogP contribution in [0.2, 0.25) is 0 Å². The summed E-state index contributed by atoms with van der Waals surface area (Å²) in [6.07, 6.45) is 5.51. The van der Waals surface area contributed by atoms with E-state index in [0.717, 1.165) is 25.5 Å². The Hall–Kier alpha value is -0.750. The van der Waals surface area contributed by atoms with Crippen LogP contribution in [0.25, 0.3) is 0 Å². The third kappa shape index (κ3) is 4.66. The zero-order valence-electron chi connectivity index (χ0n) is 12.5. The van der Waals surface area contributed by atoms with Crippen LogP contribution in [0.3, 0.4) is 0 Å². The summed E-state index contributed by atoms with van der Waals surface area (Å²) in [5, 5.41) is 7.99. The highest BCUT2D eigenvalue weighted by Gasteiger charge is 2.29. The van der Waals surface area contributed by atoms with E-state index < -0.39 is 0 Å². The van der Waals surface area contributed by atoms with Gasteiger partial charge >= 0.3 is 0 Å². The number of hydrogen-bond acceptors (Lipinski definition) is 4. The number of aryl methyl sites for hydroxylation is 1. The Labute approximate surface area is 129 Å². The van der Waals surface area contributed by atoms with Crippen LogP contribution in [0.1, 0.15) is 29.7 Å². The monoisotopic (exact) mass is 312 g/mol. The molecule has 0 aromatic carbocycles. The van der Waals surface area contributed by atoms with Crippen molar-refractivity contribution in [2.75, 3.05) is 25.9 Å². The molecule has 1 aliphatic rings. The second-order valence-electron chi connectivity index (χ2n) is 5.37. The van der Waals surface area contributed by atoms with E-state index in [2.05, 4.69) is 46.2 Å². The fourth-order valence-corrected chi connectivity index (χ4v) is 4.30. The summed E-state index contributed by atoms with van der Waals surface area (Å²) < 4.78 is 0.365. The highest BCUT2D eigenvalue weighted by molar-refractivity contribution is 8.00. The molecule has 1 aromatic heterocycles. The van der Waals surface area contributed by atoms with Gasteiger partial charge in [0.25, 0.3) is 0 Å². The first-order valence-corrected chi connectivity index (χ1v) is 8.91. The minimum absolute atomic E-state index is 0.365. The second-order valence-corrected chi connectivity index (χ2v) is 8.37. The lowest BCUT2D eigenvalue weighted by atomic mass is 10.1. The van der Waals surface area contributed by atoms with Gasteiger partial charge in [0.15, 0.2) is 5.96 Å². The van der Waals surface area contributed by atoms with Crippen LogP contribution in [0, 0.1) is 6.92 Å². The molecule has 2 rings (SSSR count). The van der Waals surface area contributed by atoms with Crippen LogP contribution in [0.4, 0.5) is 0 Å². The van der Waals surface area contributed by atoms with E-state index in [1.807, 2.05) is 13.2 Å². The average Bonchev–Trinajstić information content (AvgIpc) is 3.03. The van der Waals surface area contributed by atoms with Gasteiger partial charge in [-0.15, -0.1) is 11.3 Å². The summed E-state index contributed by atoms with van der Waals surface area (Å²) in [6, 6.07) is 0. The molecule has 0 aliphatic carbocycles. The van der Waals surface area contributed by atoms with Crippen molar-refractivity contribution in [1.29, 1.82) is 0 Å². The fourth-order valence-electron chi connectivity index (χ4n) is 2.27. The number of hydrogen-bond donors (Lipinski definition) is 2. The Kier molecular flexibility index (Phi) is 5.72. The topological polar surface area (TPSA) is 49.3 Å². The Morgan fingerprint density at radius 1 is 1.50 bits per heavy atom. The first kappa shape index (κ1) is 15.6. The van der Waals surface area contributed by atoms with Crippen molar-refractivity contribution in [2.24, 2.45) is 4.99 Å². The van der Waals surface area contributed by atoms with E-state index >= 15 is 0 Å². The molecule has 0 radical (unpaired) electrons. The van der Waals surface area contributed by atoms with Gasteiger partial charge in [-0.25, -0.2) is 4.98 Å². The Morgan fingerprint density at radius 2 is 2.35 bits per heavy atom. The molecule has 1 fully saturated rings. The van der Waals surface area contributed by atoms with Crippen LogP contribution in [-0.2, 0) is 6.42 Å².